The molecule has 0 atom stereocenters. The smallest absolute Gasteiger partial charge is 0.261 e. The van der Waals surface area contributed by atoms with Crippen LogP contribution in [0.25, 0.3) is 0 Å². The number of hydrogen-bond donors (Lipinski definition) is 3. The molecular weight excluding hydrogens is 374 g/mol. The lowest BCUT2D eigenvalue weighted by Gasteiger charge is -2.20. The Kier molecular flexibility index (Phi) is 7.21. The Bertz CT molecular complexity index is 918. The molecule has 152 valence electrons. The van der Waals surface area contributed by atoms with Crippen LogP contribution in [0.3, 0.4) is 0 Å². The lowest BCUT2D eigenvalue weighted by Crippen LogP contribution is -2.37. The number of carbonyl (C=O) groups excluding carboxylic acids is 1. The van der Waals surface area contributed by atoms with Gasteiger partial charge in [-0.25, -0.2) is 8.42 Å². The van der Waals surface area contributed by atoms with Gasteiger partial charge in [-0.1, -0.05) is 18.2 Å². The Morgan fingerprint density at radius 3 is 2.39 bits per heavy atom. The largest absolute Gasteiger partial charge is 0.352 e. The molecule has 2 rings (SSSR count). The van der Waals surface area contributed by atoms with Crippen LogP contribution >= 0.6 is 0 Å². The maximum atomic E-state index is 12.6. The molecule has 0 aliphatic rings. The highest BCUT2D eigenvalue weighted by atomic mass is 32.2. The fraction of sp³-hybridized carbons (Fsp3) is 0.381. The molecule has 0 bridgehead atoms. The quantitative estimate of drug-likeness (QED) is 0.590. The molecule has 7 heteroatoms. The van der Waals surface area contributed by atoms with Gasteiger partial charge in [0.05, 0.1) is 4.90 Å². The van der Waals surface area contributed by atoms with Crippen LogP contribution in [0.2, 0.25) is 0 Å². The van der Waals surface area contributed by atoms with Crippen LogP contribution in [0.4, 0.5) is 5.69 Å². The van der Waals surface area contributed by atoms with Gasteiger partial charge in [-0.15, -0.1) is 0 Å². The lowest BCUT2D eigenvalue weighted by atomic mass is 10.1. The highest BCUT2D eigenvalue weighted by Crippen LogP contribution is 2.18. The summed E-state index contributed by atoms with van der Waals surface area (Å²) in [6.45, 7) is 9.45. The predicted molar refractivity (Wildman–Crippen MR) is 113 cm³/mol. The maximum Gasteiger partial charge on any atom is 0.261 e. The van der Waals surface area contributed by atoms with Gasteiger partial charge < -0.3 is 10.6 Å². The van der Waals surface area contributed by atoms with Crippen molar-refractivity contribution in [3.05, 3.63) is 59.7 Å². The Morgan fingerprint density at radius 2 is 1.71 bits per heavy atom. The summed E-state index contributed by atoms with van der Waals surface area (Å²) in [7, 11) is -3.77. The first-order valence-corrected chi connectivity index (χ1v) is 10.8. The summed E-state index contributed by atoms with van der Waals surface area (Å²) in [5.74, 6) is -0.289. The van der Waals surface area contributed by atoms with Crippen LogP contribution in [0, 0.1) is 6.92 Å². The molecule has 3 N–H and O–H groups in total. The van der Waals surface area contributed by atoms with Crippen molar-refractivity contribution in [3.63, 3.8) is 0 Å². The molecular formula is C21H29N3O3S. The van der Waals surface area contributed by atoms with Crippen molar-refractivity contribution in [2.75, 3.05) is 17.8 Å². The van der Waals surface area contributed by atoms with Gasteiger partial charge >= 0.3 is 0 Å². The molecule has 28 heavy (non-hydrogen) atoms. The van der Waals surface area contributed by atoms with Crippen molar-refractivity contribution in [1.82, 2.24) is 10.6 Å². The minimum Gasteiger partial charge on any atom is -0.352 e. The van der Waals surface area contributed by atoms with Gasteiger partial charge in [-0.2, -0.15) is 0 Å². The van der Waals surface area contributed by atoms with Crippen LogP contribution in [0.1, 0.15) is 43.1 Å². The van der Waals surface area contributed by atoms with E-state index in [1.54, 1.807) is 30.3 Å². The third-order valence-corrected chi connectivity index (χ3v) is 5.35. The molecule has 0 heterocycles. The summed E-state index contributed by atoms with van der Waals surface area (Å²) in [4.78, 5) is 12.4. The Balaban J connectivity index is 1.99. The minimum atomic E-state index is -3.77. The van der Waals surface area contributed by atoms with Gasteiger partial charge in [0, 0.05) is 23.3 Å². The second-order valence-electron chi connectivity index (χ2n) is 7.79. The molecule has 0 aliphatic carbocycles. The van der Waals surface area contributed by atoms with Crippen molar-refractivity contribution in [2.45, 2.75) is 44.6 Å². The van der Waals surface area contributed by atoms with Gasteiger partial charge in [0.2, 0.25) is 0 Å². The van der Waals surface area contributed by atoms with E-state index >= 15 is 0 Å². The zero-order valence-corrected chi connectivity index (χ0v) is 17.7. The molecule has 6 nitrogen and oxygen atoms in total. The van der Waals surface area contributed by atoms with E-state index in [-0.39, 0.29) is 16.3 Å². The number of nitrogens with one attached hydrogen (secondary N) is 3. The molecule has 1 amide bonds. The summed E-state index contributed by atoms with van der Waals surface area (Å²) in [6, 6.07) is 13.1. The van der Waals surface area contributed by atoms with E-state index < -0.39 is 10.0 Å². The lowest BCUT2D eigenvalue weighted by molar-refractivity contribution is 0.0953. The summed E-state index contributed by atoms with van der Waals surface area (Å²) >= 11 is 0. The van der Waals surface area contributed by atoms with E-state index in [1.807, 2.05) is 13.0 Å². The second-order valence-corrected chi connectivity index (χ2v) is 9.47. The molecule has 0 unspecified atom stereocenters. The fourth-order valence-corrected chi connectivity index (χ4v) is 3.68. The van der Waals surface area contributed by atoms with Crippen molar-refractivity contribution < 1.29 is 13.2 Å². The predicted octanol–water partition coefficient (Wildman–Crippen LogP) is 3.30. The van der Waals surface area contributed by atoms with E-state index in [1.165, 1.54) is 12.1 Å². The van der Waals surface area contributed by atoms with Gasteiger partial charge in [-0.05, 0) is 76.6 Å². The first-order chi connectivity index (χ1) is 13.1. The van der Waals surface area contributed by atoms with Crippen LogP contribution in [-0.4, -0.2) is 33.0 Å². The van der Waals surface area contributed by atoms with Crippen LogP contribution in [-0.2, 0) is 10.0 Å². The van der Waals surface area contributed by atoms with E-state index in [0.29, 0.717) is 17.8 Å². The van der Waals surface area contributed by atoms with E-state index in [4.69, 9.17) is 0 Å². The molecule has 0 fully saturated rings. The molecule has 0 saturated heterocycles. The third-order valence-electron chi connectivity index (χ3n) is 3.97. The second kappa shape index (κ2) is 9.21. The number of aryl methyl sites for hydroxylation is 1. The maximum absolute atomic E-state index is 12.6. The number of hydrogen-bond acceptors (Lipinski definition) is 4. The van der Waals surface area contributed by atoms with Crippen LogP contribution < -0.4 is 15.4 Å². The zero-order valence-electron chi connectivity index (χ0n) is 16.9. The van der Waals surface area contributed by atoms with Crippen molar-refractivity contribution in [3.8, 4) is 0 Å². The standard InChI is InChI=1S/C21H29N3O3S/c1-16-8-5-10-18(14-16)24-28(26,27)19-11-6-9-17(15-19)20(25)22-12-7-13-23-21(2,3)4/h5-6,8-11,14-15,23-24H,7,12-13H2,1-4H3,(H,22,25). The number of amides is 1. The van der Waals surface area contributed by atoms with E-state index in [0.717, 1.165) is 18.5 Å². The van der Waals surface area contributed by atoms with Gasteiger partial charge in [0.25, 0.3) is 15.9 Å². The number of benzene rings is 2. The van der Waals surface area contributed by atoms with Gasteiger partial charge in [-0.3, -0.25) is 9.52 Å². The average Bonchev–Trinajstić information content (AvgIpc) is 2.60. The molecule has 0 aliphatic heterocycles. The number of anilines is 1. The molecule has 2 aromatic carbocycles. The monoisotopic (exact) mass is 403 g/mol. The van der Waals surface area contributed by atoms with E-state index in [2.05, 4.69) is 36.1 Å². The third kappa shape index (κ3) is 6.98. The van der Waals surface area contributed by atoms with Crippen LogP contribution in [0.15, 0.2) is 53.4 Å². The molecule has 0 radical (unpaired) electrons. The number of carbonyl (C=O) groups is 1. The highest BCUT2D eigenvalue weighted by Gasteiger charge is 2.16. The van der Waals surface area contributed by atoms with Crippen LogP contribution in [0.5, 0.6) is 0 Å². The summed E-state index contributed by atoms with van der Waals surface area (Å²) in [5, 5.41) is 6.18. The SMILES string of the molecule is Cc1cccc(NS(=O)(=O)c2cccc(C(=O)NCCCNC(C)(C)C)c2)c1. The summed E-state index contributed by atoms with van der Waals surface area (Å²) in [5.41, 5.74) is 1.79. The molecule has 0 saturated carbocycles. The Labute approximate surface area is 167 Å². The van der Waals surface area contributed by atoms with Crippen molar-refractivity contribution >= 4 is 21.6 Å². The zero-order chi connectivity index (χ0) is 20.8. The van der Waals surface area contributed by atoms with Crippen molar-refractivity contribution in [2.24, 2.45) is 0 Å². The Hall–Kier alpha value is -2.38. The molecule has 0 aromatic heterocycles. The van der Waals surface area contributed by atoms with Crippen molar-refractivity contribution in [1.29, 1.82) is 0 Å². The highest BCUT2D eigenvalue weighted by molar-refractivity contribution is 7.92. The minimum absolute atomic E-state index is 0.0387. The first-order valence-electron chi connectivity index (χ1n) is 9.30. The van der Waals surface area contributed by atoms with Gasteiger partial charge in [0.15, 0.2) is 0 Å². The fourth-order valence-electron chi connectivity index (χ4n) is 2.58. The number of sulfonamides is 1. The first kappa shape index (κ1) is 21.9. The van der Waals surface area contributed by atoms with Gasteiger partial charge in [0.1, 0.15) is 0 Å². The van der Waals surface area contributed by atoms with E-state index in [9.17, 15) is 13.2 Å². The number of rotatable bonds is 8. The molecule has 0 spiro atoms. The normalized spacial score (nSPS) is 11.9. The summed E-state index contributed by atoms with van der Waals surface area (Å²) < 4.78 is 27.8. The summed E-state index contributed by atoms with van der Waals surface area (Å²) in [6.07, 6.45) is 0.788. The topological polar surface area (TPSA) is 87.3 Å². The molecule has 2 aromatic rings. The Morgan fingerprint density at radius 1 is 1.00 bits per heavy atom. The average molecular weight is 404 g/mol.